The maximum Gasteiger partial charge on any atom is 3.00 e. The molecule has 4 rings (SSSR count). The summed E-state index contributed by atoms with van der Waals surface area (Å²) in [6.45, 7) is 0. The van der Waals surface area contributed by atoms with Crippen LogP contribution in [0.3, 0.4) is 0 Å². The van der Waals surface area contributed by atoms with Crippen LogP contribution in [0, 0.1) is 34.3 Å². The van der Waals surface area contributed by atoms with Crippen molar-refractivity contribution in [3.63, 3.8) is 0 Å². The van der Waals surface area contributed by atoms with Gasteiger partial charge in [-0.05, 0) is 12.2 Å². The van der Waals surface area contributed by atoms with E-state index in [4.69, 9.17) is 0 Å². The van der Waals surface area contributed by atoms with E-state index in [0.29, 0.717) is 0 Å². The number of carbonyl (C=O) groups is 2. The number of nitrogens with zero attached hydrogens (tertiary/aromatic N) is 8. The van der Waals surface area contributed by atoms with Crippen LogP contribution < -0.4 is 19.6 Å². The third kappa shape index (κ3) is 8.06. The van der Waals surface area contributed by atoms with Crippen molar-refractivity contribution < 1.29 is 55.8 Å². The molecule has 2 heterocycles. The van der Waals surface area contributed by atoms with Gasteiger partial charge >= 0.3 is 26.8 Å². The Morgan fingerprint density at radius 2 is 1.10 bits per heavy atom. The molecule has 0 spiro atoms. The Morgan fingerprint density at radius 3 is 1.38 bits per heavy atom. The van der Waals surface area contributed by atoms with Gasteiger partial charge in [-0.15, -0.1) is 0 Å². The number of carbonyl (C=O) groups excluding carboxylic acids is 2. The molecule has 39 heavy (non-hydrogen) atoms. The van der Waals surface area contributed by atoms with Crippen LogP contribution in [0.2, 0.25) is 0 Å². The zero-order valence-electron chi connectivity index (χ0n) is 19.1. The Labute approximate surface area is 235 Å². The van der Waals surface area contributed by atoms with Gasteiger partial charge in [0, 0.05) is 38.6 Å². The standard InChI is InChI=1S/2C10H8N4O4S.Co/c2*1-13(7-3-2-6(15)4-8(7)16)12-10-11-5-9(19-10)14(17)18;/h2*2-5H,1H2,(H2,11,12,15,16);/q;;+3/p-2. The molecule has 0 aromatic carbocycles. The van der Waals surface area contributed by atoms with Crippen LogP contribution >= 0.6 is 22.7 Å². The summed E-state index contributed by atoms with van der Waals surface area (Å²) >= 11 is 1.54. The minimum absolute atomic E-state index is 0. The van der Waals surface area contributed by atoms with E-state index in [-0.39, 0.29) is 70.9 Å². The molecule has 0 fully saturated rings. The average Bonchev–Trinajstić information content (AvgIpc) is 3.49. The SMILES string of the molecule is [CH2-][N+](/N=c1\[n-]cc([N+](=O)[O-])s1)=C1/C=CC(=O)C=C1O.[CH2-][N+](/N=c1\[n-]cc([N+](=O)[O-])s1)=C1/C=CC(=O)C=C1O.[Co+3]. The minimum Gasteiger partial charge on any atom is -0.520 e. The largest absolute Gasteiger partial charge is 3.00 e. The predicted molar refractivity (Wildman–Crippen MR) is 131 cm³/mol. The van der Waals surface area contributed by atoms with Crippen LogP contribution in [0.5, 0.6) is 0 Å². The molecule has 2 aliphatic rings. The molecule has 0 saturated carbocycles. The molecular weight excluding hydrogens is 603 g/mol. The van der Waals surface area contributed by atoms with Crippen LogP contribution in [0.25, 0.3) is 0 Å². The van der Waals surface area contributed by atoms with E-state index in [2.05, 4.69) is 34.3 Å². The van der Waals surface area contributed by atoms with Crippen LogP contribution in [-0.4, -0.2) is 52.4 Å². The fourth-order valence-electron chi connectivity index (χ4n) is 2.53. The number of hydrogen-bond donors (Lipinski definition) is 2. The van der Waals surface area contributed by atoms with Gasteiger partial charge in [0.05, 0.1) is 19.4 Å². The molecule has 202 valence electrons. The van der Waals surface area contributed by atoms with Crippen molar-refractivity contribution in [2.75, 3.05) is 0 Å². The Hall–Kier alpha value is -4.85. The molecule has 0 amide bonds. The van der Waals surface area contributed by atoms with E-state index in [9.17, 15) is 40.0 Å². The summed E-state index contributed by atoms with van der Waals surface area (Å²) in [4.78, 5) is 49.5. The zero-order chi connectivity index (χ0) is 28.0. The number of hydrogen-bond acceptors (Lipinski definition) is 12. The summed E-state index contributed by atoms with van der Waals surface area (Å²) in [6.07, 6.45) is 9.38. The maximum absolute atomic E-state index is 11.0. The molecule has 0 saturated heterocycles. The fraction of sp³-hybridized carbons (Fsp3) is 0. The number of thiazole rings is 2. The predicted octanol–water partition coefficient (Wildman–Crippen LogP) is 0.508. The van der Waals surface area contributed by atoms with Crippen LogP contribution in [-0.2, 0) is 26.4 Å². The number of aromatic nitrogens is 2. The van der Waals surface area contributed by atoms with Gasteiger partial charge < -0.3 is 29.6 Å². The van der Waals surface area contributed by atoms with Gasteiger partial charge in [0.1, 0.15) is 22.9 Å². The second-order valence-corrected chi connectivity index (χ2v) is 8.75. The summed E-state index contributed by atoms with van der Waals surface area (Å²) in [5, 5.41) is 47.6. The van der Waals surface area contributed by atoms with E-state index in [1.165, 1.54) is 24.3 Å². The number of ketones is 2. The number of rotatable bonds is 4. The smallest absolute Gasteiger partial charge is 0.520 e. The first-order valence-corrected chi connectivity index (χ1v) is 11.4. The molecule has 0 radical (unpaired) electrons. The van der Waals surface area contributed by atoms with Gasteiger partial charge in [-0.1, -0.05) is 34.8 Å². The number of aliphatic hydroxyl groups is 2. The van der Waals surface area contributed by atoms with Crippen molar-refractivity contribution in [3.05, 3.63) is 104 Å². The molecule has 19 heteroatoms. The van der Waals surface area contributed by atoms with E-state index in [1.54, 1.807) is 0 Å². The quantitative estimate of drug-likeness (QED) is 0.159. The van der Waals surface area contributed by atoms with E-state index < -0.39 is 9.85 Å². The molecular formula is C20H14CoN8O8S2+. The minimum atomic E-state index is -0.576. The number of nitro groups is 2. The molecule has 0 bridgehead atoms. The first-order chi connectivity index (χ1) is 17.9. The third-order valence-electron chi connectivity index (χ3n) is 4.18. The maximum atomic E-state index is 11.0. The van der Waals surface area contributed by atoms with Crippen molar-refractivity contribution >= 4 is 55.7 Å². The molecule has 0 atom stereocenters. The van der Waals surface area contributed by atoms with Gasteiger partial charge in [-0.3, -0.25) is 29.8 Å². The summed E-state index contributed by atoms with van der Waals surface area (Å²) in [7, 11) is 7.10. The van der Waals surface area contributed by atoms with Gasteiger partial charge in [-0.2, -0.15) is 0 Å². The first-order valence-electron chi connectivity index (χ1n) is 9.79. The summed E-state index contributed by atoms with van der Waals surface area (Å²) in [6, 6.07) is 0. The third-order valence-corrected chi connectivity index (χ3v) is 5.85. The van der Waals surface area contributed by atoms with Crippen LogP contribution in [0.1, 0.15) is 0 Å². The Morgan fingerprint density at radius 1 is 0.744 bits per heavy atom. The van der Waals surface area contributed by atoms with Crippen LogP contribution in [0.4, 0.5) is 10.0 Å². The molecule has 2 N–H and O–H groups in total. The van der Waals surface area contributed by atoms with Crippen molar-refractivity contribution in [2.24, 2.45) is 10.2 Å². The van der Waals surface area contributed by atoms with E-state index in [0.717, 1.165) is 56.6 Å². The Kier molecular flexibility index (Phi) is 10.2. The van der Waals surface area contributed by atoms with Crippen molar-refractivity contribution in [1.29, 1.82) is 0 Å². The molecule has 2 aliphatic carbocycles. The zero-order valence-corrected chi connectivity index (χ0v) is 21.8. The summed E-state index contributed by atoms with van der Waals surface area (Å²) in [5.41, 5.74) is 0.384. The summed E-state index contributed by atoms with van der Waals surface area (Å²) < 4.78 is 2.08. The normalized spacial score (nSPS) is 17.9. The average molecular weight is 617 g/mol. The van der Waals surface area contributed by atoms with Crippen LogP contribution in [0.15, 0.2) is 70.6 Å². The van der Waals surface area contributed by atoms with Crippen molar-refractivity contribution in [2.45, 2.75) is 0 Å². The van der Waals surface area contributed by atoms with E-state index in [1.807, 2.05) is 0 Å². The molecule has 16 nitrogen and oxygen atoms in total. The topological polar surface area (TPSA) is 220 Å². The molecule has 2 aromatic rings. The monoisotopic (exact) mass is 617 g/mol. The Bertz CT molecular complexity index is 1540. The van der Waals surface area contributed by atoms with Gasteiger partial charge in [0.15, 0.2) is 11.6 Å². The van der Waals surface area contributed by atoms with Gasteiger partial charge in [-0.25, -0.2) is 10.2 Å². The van der Waals surface area contributed by atoms with Gasteiger partial charge in [0.25, 0.3) is 0 Å². The second-order valence-electron chi connectivity index (χ2n) is 6.78. The number of allylic oxidation sites excluding steroid dienone is 6. The van der Waals surface area contributed by atoms with Crippen molar-refractivity contribution in [1.82, 2.24) is 9.97 Å². The number of aliphatic hydroxyl groups excluding tert-OH is 2. The van der Waals surface area contributed by atoms with E-state index >= 15 is 0 Å². The van der Waals surface area contributed by atoms with Gasteiger partial charge in [0.2, 0.25) is 0 Å². The second kappa shape index (κ2) is 13.1. The first kappa shape index (κ1) is 30.4. The molecule has 0 unspecified atom stereocenters. The fourth-order valence-corrected chi connectivity index (χ4v) is 3.76. The molecule has 2 aromatic heterocycles. The summed E-state index contributed by atoms with van der Waals surface area (Å²) in [5.74, 6) is -1.26. The van der Waals surface area contributed by atoms with Crippen molar-refractivity contribution in [3.8, 4) is 0 Å². The Balaban J connectivity index is 0.000000267. The molecule has 0 aliphatic heterocycles.